The van der Waals surface area contributed by atoms with Crippen LogP contribution in [-0.2, 0) is 4.79 Å². The van der Waals surface area contributed by atoms with Crippen molar-refractivity contribution in [3.8, 4) is 0 Å². The zero-order valence-electron chi connectivity index (χ0n) is 6.96. The highest BCUT2D eigenvalue weighted by Gasteiger charge is 2.26. The van der Waals surface area contributed by atoms with Gasteiger partial charge in [-0.1, -0.05) is 0 Å². The Morgan fingerprint density at radius 3 is 2.64 bits per heavy atom. The maximum Gasteiger partial charge on any atom is 0.237 e. The summed E-state index contributed by atoms with van der Waals surface area (Å²) < 4.78 is 0. The quantitative estimate of drug-likeness (QED) is 0.625. The molecular formula is C7H15ClN2O. The predicted molar refractivity (Wildman–Crippen MR) is 47.0 cm³/mol. The first-order valence-electron chi connectivity index (χ1n) is 3.67. The standard InChI is InChI=1S/C7H14N2O.ClH/c1-8-7(10)6-4-3-5-9(6)2;/h6H,3-5H2,1-2H3,(H,8,10);1H/t6-;/m0./s1. The Kier molecular flexibility index (Phi) is 4.45. The summed E-state index contributed by atoms with van der Waals surface area (Å²) in [6.45, 7) is 1.05. The molecule has 0 aliphatic carbocycles. The molecule has 1 heterocycles. The van der Waals surface area contributed by atoms with E-state index in [9.17, 15) is 4.79 Å². The van der Waals surface area contributed by atoms with Crippen LogP contribution in [0.1, 0.15) is 12.8 Å². The van der Waals surface area contributed by atoms with E-state index in [0.29, 0.717) is 0 Å². The minimum Gasteiger partial charge on any atom is -0.358 e. The lowest BCUT2D eigenvalue weighted by molar-refractivity contribution is -0.124. The summed E-state index contributed by atoms with van der Waals surface area (Å²) in [6.07, 6.45) is 2.16. The van der Waals surface area contributed by atoms with Gasteiger partial charge in [-0.3, -0.25) is 9.69 Å². The Balaban J connectivity index is 0.000001000. The molecule has 0 aromatic rings. The summed E-state index contributed by atoms with van der Waals surface area (Å²) in [5.74, 6) is 0.153. The highest BCUT2D eigenvalue weighted by Crippen LogP contribution is 2.13. The van der Waals surface area contributed by atoms with E-state index >= 15 is 0 Å². The van der Waals surface area contributed by atoms with Crippen LogP contribution in [0.4, 0.5) is 0 Å². The van der Waals surface area contributed by atoms with Crippen LogP contribution in [0, 0.1) is 0 Å². The van der Waals surface area contributed by atoms with Crippen molar-refractivity contribution in [1.82, 2.24) is 10.2 Å². The Morgan fingerprint density at radius 1 is 1.64 bits per heavy atom. The van der Waals surface area contributed by atoms with Crippen LogP contribution in [0.2, 0.25) is 0 Å². The van der Waals surface area contributed by atoms with Gasteiger partial charge in [0, 0.05) is 7.05 Å². The molecule has 1 N–H and O–H groups in total. The number of carbonyl (C=O) groups excluding carboxylic acids is 1. The lowest BCUT2D eigenvalue weighted by atomic mass is 10.2. The van der Waals surface area contributed by atoms with Crippen LogP contribution in [0.15, 0.2) is 0 Å². The van der Waals surface area contributed by atoms with Gasteiger partial charge in [-0.25, -0.2) is 0 Å². The molecule has 0 spiro atoms. The fourth-order valence-electron chi connectivity index (χ4n) is 1.41. The maximum absolute atomic E-state index is 11.1. The van der Waals surface area contributed by atoms with E-state index in [0.717, 1.165) is 19.4 Å². The topological polar surface area (TPSA) is 32.3 Å². The summed E-state index contributed by atoms with van der Waals surface area (Å²) >= 11 is 0. The molecule has 1 rings (SSSR count). The molecule has 1 aliphatic heterocycles. The van der Waals surface area contributed by atoms with Crippen LogP contribution in [0.3, 0.4) is 0 Å². The molecule has 0 bridgehead atoms. The lowest BCUT2D eigenvalue weighted by Gasteiger charge is -2.16. The van der Waals surface area contributed by atoms with E-state index in [1.165, 1.54) is 0 Å². The molecule has 1 amide bonds. The number of hydrogen-bond acceptors (Lipinski definition) is 2. The first-order chi connectivity index (χ1) is 4.75. The van der Waals surface area contributed by atoms with Gasteiger partial charge in [0.05, 0.1) is 6.04 Å². The number of carbonyl (C=O) groups is 1. The van der Waals surface area contributed by atoms with E-state index in [2.05, 4.69) is 10.2 Å². The highest BCUT2D eigenvalue weighted by molar-refractivity contribution is 5.85. The van der Waals surface area contributed by atoms with Gasteiger partial charge in [-0.15, -0.1) is 12.4 Å². The highest BCUT2D eigenvalue weighted by atomic mass is 35.5. The van der Waals surface area contributed by atoms with E-state index in [4.69, 9.17) is 0 Å². The number of hydrogen-bond donors (Lipinski definition) is 1. The molecule has 0 aromatic heterocycles. The van der Waals surface area contributed by atoms with Crippen molar-refractivity contribution < 1.29 is 4.79 Å². The monoisotopic (exact) mass is 178 g/mol. The number of amides is 1. The fourth-order valence-corrected chi connectivity index (χ4v) is 1.41. The second-order valence-corrected chi connectivity index (χ2v) is 2.75. The summed E-state index contributed by atoms with van der Waals surface area (Å²) in [7, 11) is 3.68. The van der Waals surface area contributed by atoms with Crippen molar-refractivity contribution in [2.75, 3.05) is 20.6 Å². The molecule has 4 heteroatoms. The third kappa shape index (κ3) is 2.34. The van der Waals surface area contributed by atoms with Crippen molar-refractivity contribution in [1.29, 1.82) is 0 Å². The molecule has 1 atom stereocenters. The molecule has 0 unspecified atom stereocenters. The van der Waals surface area contributed by atoms with Crippen molar-refractivity contribution in [2.24, 2.45) is 0 Å². The molecule has 1 saturated heterocycles. The van der Waals surface area contributed by atoms with Crippen molar-refractivity contribution >= 4 is 18.3 Å². The number of likely N-dealkylation sites (tertiary alicyclic amines) is 1. The lowest BCUT2D eigenvalue weighted by Crippen LogP contribution is -2.39. The van der Waals surface area contributed by atoms with Gasteiger partial charge in [0.15, 0.2) is 0 Å². The van der Waals surface area contributed by atoms with E-state index < -0.39 is 0 Å². The van der Waals surface area contributed by atoms with Crippen molar-refractivity contribution in [3.05, 3.63) is 0 Å². The second kappa shape index (κ2) is 4.57. The van der Waals surface area contributed by atoms with E-state index in [-0.39, 0.29) is 24.4 Å². The Bertz CT molecular complexity index is 140. The second-order valence-electron chi connectivity index (χ2n) is 2.75. The Labute approximate surface area is 73.5 Å². The fraction of sp³-hybridized carbons (Fsp3) is 0.857. The van der Waals surface area contributed by atoms with Gasteiger partial charge in [0.1, 0.15) is 0 Å². The van der Waals surface area contributed by atoms with Gasteiger partial charge < -0.3 is 5.32 Å². The summed E-state index contributed by atoms with van der Waals surface area (Å²) in [5, 5.41) is 2.66. The van der Waals surface area contributed by atoms with Crippen molar-refractivity contribution in [3.63, 3.8) is 0 Å². The largest absolute Gasteiger partial charge is 0.358 e. The van der Waals surface area contributed by atoms with E-state index in [1.807, 2.05) is 7.05 Å². The summed E-state index contributed by atoms with van der Waals surface area (Å²) in [4.78, 5) is 13.2. The zero-order valence-corrected chi connectivity index (χ0v) is 7.78. The zero-order chi connectivity index (χ0) is 7.56. The minimum absolute atomic E-state index is 0. The number of nitrogens with one attached hydrogen (secondary N) is 1. The number of halogens is 1. The van der Waals surface area contributed by atoms with Crippen molar-refractivity contribution in [2.45, 2.75) is 18.9 Å². The van der Waals surface area contributed by atoms with Gasteiger partial charge in [0.2, 0.25) is 5.91 Å². The van der Waals surface area contributed by atoms with Crippen LogP contribution >= 0.6 is 12.4 Å². The Morgan fingerprint density at radius 2 is 2.27 bits per heavy atom. The van der Waals surface area contributed by atoms with Gasteiger partial charge in [-0.05, 0) is 26.4 Å². The maximum atomic E-state index is 11.1. The normalized spacial score (nSPS) is 24.4. The molecule has 11 heavy (non-hydrogen) atoms. The third-order valence-corrected chi connectivity index (χ3v) is 2.07. The summed E-state index contributed by atoms with van der Waals surface area (Å²) in [5.41, 5.74) is 0. The molecule has 0 radical (unpaired) electrons. The summed E-state index contributed by atoms with van der Waals surface area (Å²) in [6, 6.07) is 0.130. The SMILES string of the molecule is CNC(=O)[C@@H]1CCCN1C.Cl. The number of rotatable bonds is 1. The minimum atomic E-state index is 0. The van der Waals surface area contributed by atoms with Crippen LogP contribution in [0.25, 0.3) is 0 Å². The first kappa shape index (κ1) is 10.7. The van der Waals surface area contributed by atoms with Gasteiger partial charge in [0.25, 0.3) is 0 Å². The molecule has 1 aliphatic rings. The van der Waals surface area contributed by atoms with E-state index in [1.54, 1.807) is 7.05 Å². The van der Waals surface area contributed by atoms with Crippen LogP contribution in [-0.4, -0.2) is 37.5 Å². The molecule has 0 aromatic carbocycles. The smallest absolute Gasteiger partial charge is 0.237 e. The Hall–Kier alpha value is -0.280. The molecular weight excluding hydrogens is 164 g/mol. The average molecular weight is 179 g/mol. The average Bonchev–Trinajstić information content (AvgIpc) is 2.34. The first-order valence-corrected chi connectivity index (χ1v) is 3.67. The van der Waals surface area contributed by atoms with Gasteiger partial charge >= 0.3 is 0 Å². The molecule has 0 saturated carbocycles. The number of likely N-dealkylation sites (N-methyl/N-ethyl adjacent to an activating group) is 2. The van der Waals surface area contributed by atoms with Crippen LogP contribution < -0.4 is 5.32 Å². The number of nitrogens with zero attached hydrogens (tertiary/aromatic N) is 1. The molecule has 66 valence electrons. The predicted octanol–water partition coefficient (Wildman–Crippen LogP) is 0.248. The molecule has 3 nitrogen and oxygen atoms in total. The van der Waals surface area contributed by atoms with Gasteiger partial charge in [-0.2, -0.15) is 0 Å². The molecule has 1 fully saturated rings. The van der Waals surface area contributed by atoms with Crippen LogP contribution in [0.5, 0.6) is 0 Å². The third-order valence-electron chi connectivity index (χ3n) is 2.07.